The third-order valence-electron chi connectivity index (χ3n) is 4.24. The van der Waals surface area contributed by atoms with Crippen LogP contribution in [-0.4, -0.2) is 56.8 Å². The number of ether oxygens (including phenoxy) is 1. The number of benzene rings is 1. The zero-order valence-electron chi connectivity index (χ0n) is 14.8. The molecule has 24 heavy (non-hydrogen) atoms. The fraction of sp³-hybridized carbons (Fsp3) is 0.611. The molecule has 136 valence electrons. The zero-order valence-corrected chi connectivity index (χ0v) is 17.2. The third-order valence-corrected chi connectivity index (χ3v) is 4.24. The Morgan fingerprint density at radius 3 is 2.62 bits per heavy atom. The van der Waals surface area contributed by atoms with Gasteiger partial charge in [0.1, 0.15) is 0 Å². The normalized spacial score (nSPS) is 17.2. The van der Waals surface area contributed by atoms with Crippen LogP contribution in [0.4, 0.5) is 0 Å². The van der Waals surface area contributed by atoms with E-state index >= 15 is 0 Å². The molecule has 1 aliphatic heterocycles. The van der Waals surface area contributed by atoms with Crippen LogP contribution in [0.2, 0.25) is 0 Å². The Kier molecular flexibility index (Phi) is 10.3. The fourth-order valence-electron chi connectivity index (χ4n) is 2.64. The van der Waals surface area contributed by atoms with Gasteiger partial charge in [0, 0.05) is 32.1 Å². The largest absolute Gasteiger partial charge is 0.379 e. The van der Waals surface area contributed by atoms with Crippen LogP contribution in [-0.2, 0) is 4.74 Å². The van der Waals surface area contributed by atoms with Gasteiger partial charge in [-0.05, 0) is 25.5 Å². The number of morpholine rings is 1. The number of hydrogen-bond acceptors (Lipinski definition) is 3. The molecule has 0 saturated carbocycles. The SMILES string of the molecule is Cc1ccc(C(C)CN=C(N)NCCCN2CCOCC2)cc1.I. The molecule has 0 aromatic heterocycles. The van der Waals surface area contributed by atoms with Gasteiger partial charge >= 0.3 is 0 Å². The van der Waals surface area contributed by atoms with E-state index in [0.29, 0.717) is 18.4 Å². The average molecular weight is 446 g/mol. The number of nitrogens with one attached hydrogen (secondary N) is 1. The average Bonchev–Trinajstić information content (AvgIpc) is 2.58. The van der Waals surface area contributed by atoms with Crippen LogP contribution in [0.1, 0.15) is 30.4 Å². The Labute approximate surface area is 163 Å². The van der Waals surface area contributed by atoms with Gasteiger partial charge in [-0.2, -0.15) is 0 Å². The molecule has 1 fully saturated rings. The van der Waals surface area contributed by atoms with E-state index in [9.17, 15) is 0 Å². The summed E-state index contributed by atoms with van der Waals surface area (Å²) in [6.45, 7) is 10.7. The first-order chi connectivity index (χ1) is 11.1. The Bertz CT molecular complexity index is 486. The smallest absolute Gasteiger partial charge is 0.188 e. The van der Waals surface area contributed by atoms with E-state index < -0.39 is 0 Å². The van der Waals surface area contributed by atoms with Crippen molar-refractivity contribution in [3.8, 4) is 0 Å². The summed E-state index contributed by atoms with van der Waals surface area (Å²) in [6.07, 6.45) is 1.07. The predicted molar refractivity (Wildman–Crippen MR) is 111 cm³/mol. The molecule has 1 unspecified atom stereocenters. The minimum Gasteiger partial charge on any atom is -0.379 e. The van der Waals surface area contributed by atoms with E-state index in [4.69, 9.17) is 10.5 Å². The Hall–Kier alpha value is -0.860. The second-order valence-electron chi connectivity index (χ2n) is 6.27. The van der Waals surface area contributed by atoms with Crippen molar-refractivity contribution in [3.63, 3.8) is 0 Å². The second-order valence-corrected chi connectivity index (χ2v) is 6.27. The van der Waals surface area contributed by atoms with Gasteiger partial charge in [0.2, 0.25) is 0 Å². The molecule has 0 amide bonds. The predicted octanol–water partition coefficient (Wildman–Crippen LogP) is 2.34. The highest BCUT2D eigenvalue weighted by atomic mass is 127. The lowest BCUT2D eigenvalue weighted by Crippen LogP contribution is -2.39. The van der Waals surface area contributed by atoms with E-state index in [2.05, 4.69) is 53.3 Å². The molecule has 0 bridgehead atoms. The molecule has 0 radical (unpaired) electrons. The maximum absolute atomic E-state index is 5.95. The van der Waals surface area contributed by atoms with Crippen LogP contribution in [0, 0.1) is 6.92 Å². The first-order valence-corrected chi connectivity index (χ1v) is 8.55. The maximum Gasteiger partial charge on any atom is 0.188 e. The number of hydrogen-bond donors (Lipinski definition) is 2. The number of nitrogens with two attached hydrogens (primary N) is 1. The summed E-state index contributed by atoms with van der Waals surface area (Å²) in [4.78, 5) is 6.89. The van der Waals surface area contributed by atoms with E-state index in [1.54, 1.807) is 0 Å². The topological polar surface area (TPSA) is 62.9 Å². The van der Waals surface area contributed by atoms with Crippen LogP contribution in [0.3, 0.4) is 0 Å². The summed E-state index contributed by atoms with van der Waals surface area (Å²) in [7, 11) is 0. The molecule has 5 nitrogen and oxygen atoms in total. The minimum atomic E-state index is 0. The van der Waals surface area contributed by atoms with Crippen molar-refractivity contribution in [3.05, 3.63) is 35.4 Å². The summed E-state index contributed by atoms with van der Waals surface area (Å²) in [5.74, 6) is 0.926. The van der Waals surface area contributed by atoms with Gasteiger partial charge in [0.25, 0.3) is 0 Å². The zero-order chi connectivity index (χ0) is 16.5. The molecule has 0 spiro atoms. The number of halogens is 1. The number of aryl methyl sites for hydroxylation is 1. The molecule has 1 saturated heterocycles. The Morgan fingerprint density at radius 1 is 1.29 bits per heavy atom. The monoisotopic (exact) mass is 446 g/mol. The molecular formula is C18H31IN4O. The molecule has 1 aliphatic rings. The van der Waals surface area contributed by atoms with Crippen molar-refractivity contribution < 1.29 is 4.74 Å². The fourth-order valence-corrected chi connectivity index (χ4v) is 2.64. The molecule has 1 aromatic rings. The molecule has 6 heteroatoms. The van der Waals surface area contributed by atoms with Crippen LogP contribution < -0.4 is 11.1 Å². The van der Waals surface area contributed by atoms with Crippen molar-refractivity contribution in [1.29, 1.82) is 0 Å². The van der Waals surface area contributed by atoms with E-state index in [-0.39, 0.29) is 24.0 Å². The number of guanidine groups is 1. The van der Waals surface area contributed by atoms with E-state index in [1.807, 2.05) is 0 Å². The standard InChI is InChI=1S/C18H30N4O.HI/c1-15-4-6-17(7-5-15)16(2)14-21-18(19)20-8-3-9-22-10-12-23-13-11-22;/h4-7,16H,3,8-14H2,1-2H3,(H3,19,20,21);1H. The highest BCUT2D eigenvalue weighted by Crippen LogP contribution is 2.15. The molecule has 1 aromatic carbocycles. The second kappa shape index (κ2) is 11.7. The minimum absolute atomic E-state index is 0. The van der Waals surface area contributed by atoms with Gasteiger partial charge in [0.15, 0.2) is 5.96 Å². The van der Waals surface area contributed by atoms with Crippen molar-refractivity contribution in [2.24, 2.45) is 10.7 Å². The molecule has 1 atom stereocenters. The lowest BCUT2D eigenvalue weighted by molar-refractivity contribution is 0.0376. The molecule has 2 rings (SSSR count). The molecule has 3 N–H and O–H groups in total. The first-order valence-electron chi connectivity index (χ1n) is 8.55. The highest BCUT2D eigenvalue weighted by molar-refractivity contribution is 14.0. The van der Waals surface area contributed by atoms with Crippen molar-refractivity contribution in [2.45, 2.75) is 26.2 Å². The van der Waals surface area contributed by atoms with Crippen LogP contribution >= 0.6 is 24.0 Å². The quantitative estimate of drug-likeness (QED) is 0.292. The maximum atomic E-state index is 5.95. The number of aliphatic imine (C=N–C) groups is 1. The van der Waals surface area contributed by atoms with E-state index in [0.717, 1.165) is 45.8 Å². The van der Waals surface area contributed by atoms with Crippen molar-refractivity contribution >= 4 is 29.9 Å². The molecule has 0 aliphatic carbocycles. The van der Waals surface area contributed by atoms with Gasteiger partial charge in [-0.3, -0.25) is 9.89 Å². The van der Waals surface area contributed by atoms with Crippen LogP contribution in [0.25, 0.3) is 0 Å². The summed E-state index contributed by atoms with van der Waals surface area (Å²) in [5.41, 5.74) is 8.54. The van der Waals surface area contributed by atoms with Crippen molar-refractivity contribution in [2.75, 3.05) is 45.9 Å². The van der Waals surface area contributed by atoms with Crippen molar-refractivity contribution in [1.82, 2.24) is 10.2 Å². The molecular weight excluding hydrogens is 415 g/mol. The summed E-state index contributed by atoms with van der Waals surface area (Å²) >= 11 is 0. The van der Waals surface area contributed by atoms with Gasteiger partial charge in [-0.1, -0.05) is 36.8 Å². The van der Waals surface area contributed by atoms with Gasteiger partial charge < -0.3 is 15.8 Å². The van der Waals surface area contributed by atoms with Gasteiger partial charge in [0.05, 0.1) is 13.2 Å². The Balaban J connectivity index is 0.00000288. The lowest BCUT2D eigenvalue weighted by atomic mass is 10.0. The van der Waals surface area contributed by atoms with Crippen LogP contribution in [0.5, 0.6) is 0 Å². The summed E-state index contributed by atoms with van der Waals surface area (Å²) in [6, 6.07) is 8.62. The first kappa shape index (κ1) is 21.2. The number of nitrogens with zero attached hydrogens (tertiary/aromatic N) is 2. The van der Waals surface area contributed by atoms with Gasteiger partial charge in [-0.15, -0.1) is 24.0 Å². The molecule has 1 heterocycles. The lowest BCUT2D eigenvalue weighted by Gasteiger charge is -2.26. The van der Waals surface area contributed by atoms with Crippen LogP contribution in [0.15, 0.2) is 29.3 Å². The van der Waals surface area contributed by atoms with Gasteiger partial charge in [-0.25, -0.2) is 0 Å². The van der Waals surface area contributed by atoms with E-state index in [1.165, 1.54) is 11.1 Å². The summed E-state index contributed by atoms with van der Waals surface area (Å²) < 4.78 is 5.35. The third kappa shape index (κ3) is 7.81. The number of rotatable bonds is 7. The Morgan fingerprint density at radius 2 is 1.96 bits per heavy atom. The summed E-state index contributed by atoms with van der Waals surface area (Å²) in [5, 5.41) is 3.21. The highest BCUT2D eigenvalue weighted by Gasteiger charge is 2.09.